The Balaban J connectivity index is 1.82. The van der Waals surface area contributed by atoms with E-state index in [1.807, 2.05) is 35.1 Å². The van der Waals surface area contributed by atoms with Crippen molar-refractivity contribution < 1.29 is 31.5 Å². The fraction of sp³-hybridized carbons (Fsp3) is 0.190. The average Bonchev–Trinajstić information content (AvgIpc) is 3.03. The van der Waals surface area contributed by atoms with Crippen LogP contribution in [0.25, 0.3) is 10.8 Å². The summed E-state index contributed by atoms with van der Waals surface area (Å²) >= 11 is 0. The molecule has 0 aromatic heterocycles. The molecule has 1 N–H and O–H groups in total. The molecule has 1 aliphatic heterocycles. The van der Waals surface area contributed by atoms with Crippen LogP contribution in [-0.4, -0.2) is 34.2 Å². The second-order valence-electron chi connectivity index (χ2n) is 6.77. The van der Waals surface area contributed by atoms with Gasteiger partial charge in [-0.15, -0.1) is 0 Å². The van der Waals surface area contributed by atoms with Gasteiger partial charge in [0.25, 0.3) is 5.91 Å². The summed E-state index contributed by atoms with van der Waals surface area (Å²) in [4.78, 5) is 11.7. The molecule has 1 aliphatic rings. The van der Waals surface area contributed by atoms with E-state index < -0.39 is 35.2 Å². The SMILES string of the molecule is O=C1CN(c2c(OCc3ccccc3)cc3ccc(OCCF)cc3c2F)S(=O)(=O)N1. The molecular weight excluding hydrogens is 430 g/mol. The van der Waals surface area contributed by atoms with Gasteiger partial charge in [0, 0.05) is 5.39 Å². The number of carbonyl (C=O) groups is 1. The van der Waals surface area contributed by atoms with Crippen LogP contribution in [0.1, 0.15) is 5.56 Å². The minimum Gasteiger partial charge on any atom is -0.491 e. The zero-order valence-electron chi connectivity index (χ0n) is 16.2. The lowest BCUT2D eigenvalue weighted by Crippen LogP contribution is -2.30. The van der Waals surface area contributed by atoms with Gasteiger partial charge in [-0.25, -0.2) is 17.8 Å². The predicted octanol–water partition coefficient (Wildman–Crippen LogP) is 3.09. The Kier molecular flexibility index (Phi) is 5.64. The van der Waals surface area contributed by atoms with E-state index in [0.29, 0.717) is 9.69 Å². The van der Waals surface area contributed by atoms with E-state index in [-0.39, 0.29) is 35.8 Å². The van der Waals surface area contributed by atoms with Crippen LogP contribution in [-0.2, 0) is 21.6 Å². The molecule has 3 aromatic carbocycles. The number of hydrogen-bond donors (Lipinski definition) is 1. The van der Waals surface area contributed by atoms with Crippen molar-refractivity contribution in [2.24, 2.45) is 0 Å². The third-order valence-electron chi connectivity index (χ3n) is 4.64. The molecule has 1 amide bonds. The van der Waals surface area contributed by atoms with Crippen molar-refractivity contribution >= 4 is 32.6 Å². The van der Waals surface area contributed by atoms with Gasteiger partial charge in [0.05, 0.1) is 0 Å². The number of fused-ring (bicyclic) bond motifs is 1. The summed E-state index contributed by atoms with van der Waals surface area (Å²) in [6, 6.07) is 15.0. The lowest BCUT2D eigenvalue weighted by Gasteiger charge is -2.21. The molecule has 1 fully saturated rings. The van der Waals surface area contributed by atoms with Crippen molar-refractivity contribution in [3.8, 4) is 11.5 Å². The van der Waals surface area contributed by atoms with Crippen LogP contribution in [0.15, 0.2) is 54.6 Å². The van der Waals surface area contributed by atoms with Gasteiger partial charge in [0.2, 0.25) is 0 Å². The number of alkyl halides is 1. The number of benzene rings is 3. The van der Waals surface area contributed by atoms with Crippen LogP contribution in [0.2, 0.25) is 0 Å². The van der Waals surface area contributed by atoms with E-state index in [4.69, 9.17) is 9.47 Å². The lowest BCUT2D eigenvalue weighted by molar-refractivity contribution is -0.117. The van der Waals surface area contributed by atoms with Crippen molar-refractivity contribution in [2.75, 3.05) is 24.1 Å². The summed E-state index contributed by atoms with van der Waals surface area (Å²) in [7, 11) is -4.28. The second-order valence-corrected chi connectivity index (χ2v) is 8.36. The first-order chi connectivity index (χ1) is 14.9. The molecule has 0 aliphatic carbocycles. The van der Waals surface area contributed by atoms with Gasteiger partial charge in [-0.2, -0.15) is 8.42 Å². The van der Waals surface area contributed by atoms with E-state index in [1.54, 1.807) is 12.1 Å². The third kappa shape index (κ3) is 4.24. The van der Waals surface area contributed by atoms with E-state index in [0.717, 1.165) is 5.56 Å². The van der Waals surface area contributed by atoms with Crippen LogP contribution in [0.3, 0.4) is 0 Å². The fourth-order valence-corrected chi connectivity index (χ4v) is 4.43. The predicted molar refractivity (Wildman–Crippen MR) is 111 cm³/mol. The summed E-state index contributed by atoms with van der Waals surface area (Å²) in [5.74, 6) is -1.49. The van der Waals surface area contributed by atoms with Gasteiger partial charge in [0.15, 0.2) is 5.82 Å². The largest absolute Gasteiger partial charge is 0.491 e. The molecule has 0 radical (unpaired) electrons. The maximum atomic E-state index is 15.6. The zero-order valence-corrected chi connectivity index (χ0v) is 17.0. The highest BCUT2D eigenvalue weighted by Crippen LogP contribution is 2.40. The van der Waals surface area contributed by atoms with Crippen molar-refractivity contribution in [3.63, 3.8) is 0 Å². The van der Waals surface area contributed by atoms with Crippen molar-refractivity contribution in [1.82, 2.24) is 4.72 Å². The van der Waals surface area contributed by atoms with E-state index in [9.17, 15) is 17.6 Å². The highest BCUT2D eigenvalue weighted by Gasteiger charge is 2.38. The maximum absolute atomic E-state index is 15.6. The minimum atomic E-state index is -4.28. The zero-order chi connectivity index (χ0) is 22.0. The van der Waals surface area contributed by atoms with Crippen LogP contribution >= 0.6 is 0 Å². The van der Waals surface area contributed by atoms with Crippen molar-refractivity contribution in [3.05, 3.63) is 66.0 Å². The van der Waals surface area contributed by atoms with E-state index in [1.165, 1.54) is 12.1 Å². The molecule has 1 heterocycles. The Morgan fingerprint density at radius 3 is 2.52 bits per heavy atom. The summed E-state index contributed by atoms with van der Waals surface area (Å²) in [6.45, 7) is -1.43. The highest BCUT2D eigenvalue weighted by molar-refractivity contribution is 7.92. The Morgan fingerprint density at radius 2 is 1.84 bits per heavy atom. The molecule has 7 nitrogen and oxygen atoms in total. The second kappa shape index (κ2) is 8.38. The molecule has 0 unspecified atom stereocenters. The summed E-state index contributed by atoms with van der Waals surface area (Å²) in [5.41, 5.74) is 0.409. The summed E-state index contributed by atoms with van der Waals surface area (Å²) in [6.07, 6.45) is 0. The third-order valence-corrected chi connectivity index (χ3v) is 6.02. The number of hydrogen-bond acceptors (Lipinski definition) is 5. The molecule has 4 rings (SSSR count). The molecule has 10 heteroatoms. The Bertz CT molecular complexity index is 1240. The Hall–Kier alpha value is -3.40. The summed E-state index contributed by atoms with van der Waals surface area (Å²) in [5, 5.41) is 0.473. The number of nitrogens with one attached hydrogen (secondary N) is 1. The van der Waals surface area contributed by atoms with E-state index >= 15 is 4.39 Å². The Morgan fingerprint density at radius 1 is 1.06 bits per heavy atom. The van der Waals surface area contributed by atoms with Gasteiger partial charge < -0.3 is 9.47 Å². The first-order valence-electron chi connectivity index (χ1n) is 9.34. The molecule has 0 atom stereocenters. The van der Waals surface area contributed by atoms with Gasteiger partial charge in [0.1, 0.15) is 43.6 Å². The standard InChI is InChI=1S/C21H18F2N2O5S/c22-8-9-29-16-7-6-15-10-18(30-13-14-4-2-1-3-5-14)21(20(23)17(15)11-16)25-12-19(26)24-31(25,27)28/h1-7,10-11H,8-9,12-13H2,(H,24,26). The normalized spacial score (nSPS) is 15.2. The molecule has 162 valence electrons. The van der Waals surface area contributed by atoms with Crippen LogP contribution in [0.4, 0.5) is 14.5 Å². The monoisotopic (exact) mass is 448 g/mol. The fourth-order valence-electron chi connectivity index (χ4n) is 3.27. The number of rotatable bonds is 7. The van der Waals surface area contributed by atoms with Gasteiger partial charge >= 0.3 is 10.2 Å². The van der Waals surface area contributed by atoms with Crippen LogP contribution < -0.4 is 18.5 Å². The smallest absolute Gasteiger partial charge is 0.326 e. The van der Waals surface area contributed by atoms with E-state index in [2.05, 4.69) is 0 Å². The topological polar surface area (TPSA) is 84.9 Å². The van der Waals surface area contributed by atoms with Crippen LogP contribution in [0, 0.1) is 5.82 Å². The highest BCUT2D eigenvalue weighted by atomic mass is 32.2. The first kappa shape index (κ1) is 20.9. The number of carbonyl (C=O) groups excluding carboxylic acids is 1. The quantitative estimate of drug-likeness (QED) is 0.601. The maximum Gasteiger partial charge on any atom is 0.326 e. The number of amides is 1. The molecular formula is C21H18F2N2O5S. The molecule has 0 saturated carbocycles. The van der Waals surface area contributed by atoms with Crippen molar-refractivity contribution in [1.29, 1.82) is 0 Å². The summed E-state index contributed by atoms with van der Waals surface area (Å²) < 4.78 is 66.3. The molecule has 3 aromatic rings. The molecule has 31 heavy (non-hydrogen) atoms. The first-order valence-corrected chi connectivity index (χ1v) is 10.8. The molecule has 0 bridgehead atoms. The van der Waals surface area contributed by atoms with Crippen LogP contribution in [0.5, 0.6) is 11.5 Å². The minimum absolute atomic E-state index is 0.0358. The van der Waals surface area contributed by atoms with Crippen molar-refractivity contribution in [2.45, 2.75) is 6.61 Å². The van der Waals surface area contributed by atoms with Gasteiger partial charge in [-0.3, -0.25) is 4.79 Å². The lowest BCUT2D eigenvalue weighted by atomic mass is 10.1. The average molecular weight is 448 g/mol. The van der Waals surface area contributed by atoms with Gasteiger partial charge in [-0.1, -0.05) is 36.4 Å². The molecule has 1 saturated heterocycles. The van der Waals surface area contributed by atoms with Gasteiger partial charge in [-0.05, 0) is 29.1 Å². The number of nitrogens with zero attached hydrogens (tertiary/aromatic N) is 1. The Labute approximate surface area is 177 Å². The number of ether oxygens (including phenoxy) is 2. The molecule has 0 spiro atoms. The number of halogens is 2. The number of anilines is 1.